The largest absolute Gasteiger partial charge is 0.462 e. The van der Waals surface area contributed by atoms with Crippen LogP contribution in [0.25, 0.3) is 0 Å². The number of esters is 1. The van der Waals surface area contributed by atoms with E-state index in [1.54, 1.807) is 19.1 Å². The van der Waals surface area contributed by atoms with Crippen molar-refractivity contribution in [1.82, 2.24) is 0 Å². The Morgan fingerprint density at radius 3 is 2.59 bits per heavy atom. The van der Waals surface area contributed by atoms with Crippen LogP contribution < -0.4 is 0 Å². The van der Waals surface area contributed by atoms with Crippen LogP contribution in [-0.4, -0.2) is 12.6 Å². The molecular weight excluding hydrogens is 282 g/mol. The number of nitriles is 1. The second-order valence-corrected chi connectivity index (χ2v) is 4.00. The van der Waals surface area contributed by atoms with E-state index >= 15 is 0 Å². The van der Waals surface area contributed by atoms with Crippen LogP contribution in [0, 0.1) is 11.3 Å². The zero-order chi connectivity index (χ0) is 12.8. The molecule has 3 nitrogen and oxygen atoms in total. The van der Waals surface area contributed by atoms with E-state index in [1.807, 2.05) is 6.92 Å². The molecule has 0 fully saturated rings. The topological polar surface area (TPSA) is 50.1 Å². The standard InChI is InChI=1S/C13H14BrNO2/c1-3-10-11(13(16)17-4-2)6-5-9(8-15)12(10)7-14/h5-6H,3-4,7H2,1-2H3. The SMILES string of the molecule is CCOC(=O)c1ccc(C#N)c(CBr)c1CC. The zero-order valence-electron chi connectivity index (χ0n) is 9.92. The first-order valence-electron chi connectivity index (χ1n) is 5.47. The lowest BCUT2D eigenvalue weighted by atomic mass is 9.95. The number of benzene rings is 1. The molecule has 0 aliphatic rings. The van der Waals surface area contributed by atoms with E-state index < -0.39 is 0 Å². The predicted octanol–water partition coefficient (Wildman–Crippen LogP) is 3.19. The van der Waals surface area contributed by atoms with Gasteiger partial charge in [0, 0.05) is 5.33 Å². The van der Waals surface area contributed by atoms with Crippen molar-refractivity contribution in [2.45, 2.75) is 25.6 Å². The molecule has 0 aliphatic heterocycles. The van der Waals surface area contributed by atoms with Gasteiger partial charge in [-0.2, -0.15) is 5.26 Å². The molecule has 0 aliphatic carbocycles. The highest BCUT2D eigenvalue weighted by atomic mass is 79.9. The second-order valence-electron chi connectivity index (χ2n) is 3.44. The van der Waals surface area contributed by atoms with Gasteiger partial charge in [-0.3, -0.25) is 0 Å². The maximum Gasteiger partial charge on any atom is 0.338 e. The number of halogens is 1. The predicted molar refractivity (Wildman–Crippen MR) is 69.1 cm³/mol. The molecule has 0 saturated carbocycles. The van der Waals surface area contributed by atoms with Gasteiger partial charge < -0.3 is 4.74 Å². The summed E-state index contributed by atoms with van der Waals surface area (Å²) < 4.78 is 5.01. The Labute approximate surface area is 110 Å². The number of carbonyl (C=O) groups is 1. The first-order chi connectivity index (χ1) is 8.19. The fourth-order valence-electron chi connectivity index (χ4n) is 1.75. The Balaban J connectivity index is 3.34. The van der Waals surface area contributed by atoms with Crippen LogP contribution in [0.15, 0.2) is 12.1 Å². The Bertz CT molecular complexity index is 463. The van der Waals surface area contributed by atoms with E-state index in [2.05, 4.69) is 22.0 Å². The lowest BCUT2D eigenvalue weighted by Gasteiger charge is -2.12. The van der Waals surface area contributed by atoms with Crippen molar-refractivity contribution in [1.29, 1.82) is 5.26 Å². The molecule has 0 spiro atoms. The highest BCUT2D eigenvalue weighted by molar-refractivity contribution is 9.08. The summed E-state index contributed by atoms with van der Waals surface area (Å²) in [5, 5.41) is 9.58. The molecule has 90 valence electrons. The minimum atomic E-state index is -0.323. The summed E-state index contributed by atoms with van der Waals surface area (Å²) in [6.45, 7) is 4.09. The van der Waals surface area contributed by atoms with E-state index in [0.717, 1.165) is 11.1 Å². The van der Waals surface area contributed by atoms with Gasteiger partial charge in [-0.25, -0.2) is 4.79 Å². The molecule has 1 aromatic rings. The highest BCUT2D eigenvalue weighted by Gasteiger charge is 2.16. The van der Waals surface area contributed by atoms with E-state index in [4.69, 9.17) is 10.00 Å². The van der Waals surface area contributed by atoms with Gasteiger partial charge in [-0.15, -0.1) is 0 Å². The van der Waals surface area contributed by atoms with Crippen molar-refractivity contribution in [2.24, 2.45) is 0 Å². The number of carbonyl (C=O) groups excluding carboxylic acids is 1. The van der Waals surface area contributed by atoms with Gasteiger partial charge in [-0.05, 0) is 36.6 Å². The summed E-state index contributed by atoms with van der Waals surface area (Å²) in [7, 11) is 0. The lowest BCUT2D eigenvalue weighted by Crippen LogP contribution is -2.10. The molecule has 0 radical (unpaired) electrons. The summed E-state index contributed by atoms with van der Waals surface area (Å²) in [4.78, 5) is 11.8. The minimum Gasteiger partial charge on any atom is -0.462 e. The summed E-state index contributed by atoms with van der Waals surface area (Å²) >= 11 is 3.36. The molecule has 0 saturated heterocycles. The third-order valence-corrected chi connectivity index (χ3v) is 3.09. The summed E-state index contributed by atoms with van der Waals surface area (Å²) in [5.41, 5.74) is 2.93. The van der Waals surface area contributed by atoms with Gasteiger partial charge in [0.2, 0.25) is 0 Å². The Morgan fingerprint density at radius 1 is 1.41 bits per heavy atom. The first-order valence-corrected chi connectivity index (χ1v) is 6.59. The van der Waals surface area contributed by atoms with Crippen molar-refractivity contribution in [3.63, 3.8) is 0 Å². The smallest absolute Gasteiger partial charge is 0.338 e. The fourth-order valence-corrected chi connectivity index (χ4v) is 2.39. The van der Waals surface area contributed by atoms with E-state index in [9.17, 15) is 4.79 Å². The van der Waals surface area contributed by atoms with Crippen LogP contribution in [-0.2, 0) is 16.5 Å². The fraction of sp³-hybridized carbons (Fsp3) is 0.385. The van der Waals surface area contributed by atoms with Crippen LogP contribution in [0.1, 0.15) is 40.9 Å². The Hall–Kier alpha value is -1.34. The van der Waals surface area contributed by atoms with Crippen molar-refractivity contribution >= 4 is 21.9 Å². The van der Waals surface area contributed by atoms with Gasteiger partial charge in [-0.1, -0.05) is 22.9 Å². The Kier molecular flexibility index (Phi) is 5.17. The van der Waals surface area contributed by atoms with Crippen LogP contribution in [0.5, 0.6) is 0 Å². The second kappa shape index (κ2) is 6.41. The van der Waals surface area contributed by atoms with Crippen molar-refractivity contribution in [3.05, 3.63) is 34.4 Å². The number of alkyl halides is 1. The molecule has 1 aromatic carbocycles. The lowest BCUT2D eigenvalue weighted by molar-refractivity contribution is 0.0525. The van der Waals surface area contributed by atoms with Gasteiger partial charge in [0.05, 0.1) is 23.8 Å². The third kappa shape index (κ3) is 2.86. The van der Waals surface area contributed by atoms with Crippen molar-refractivity contribution in [3.8, 4) is 6.07 Å². The maximum atomic E-state index is 11.8. The number of hydrogen-bond donors (Lipinski definition) is 0. The number of hydrogen-bond acceptors (Lipinski definition) is 3. The summed E-state index contributed by atoms with van der Waals surface area (Å²) in [6.07, 6.45) is 0.699. The average Bonchev–Trinajstić information content (AvgIpc) is 2.36. The number of nitrogens with zero attached hydrogens (tertiary/aromatic N) is 1. The molecule has 1 rings (SSSR count). The van der Waals surface area contributed by atoms with Gasteiger partial charge in [0.25, 0.3) is 0 Å². The molecule has 0 heterocycles. The molecule has 0 atom stereocenters. The van der Waals surface area contributed by atoms with Crippen molar-refractivity contribution in [2.75, 3.05) is 6.61 Å². The molecule has 17 heavy (non-hydrogen) atoms. The van der Waals surface area contributed by atoms with Crippen LogP contribution in [0.3, 0.4) is 0 Å². The Morgan fingerprint density at radius 2 is 2.12 bits per heavy atom. The van der Waals surface area contributed by atoms with E-state index in [1.165, 1.54) is 0 Å². The quantitative estimate of drug-likeness (QED) is 0.633. The maximum absolute atomic E-state index is 11.8. The van der Waals surface area contributed by atoms with Crippen LogP contribution in [0.4, 0.5) is 0 Å². The van der Waals surface area contributed by atoms with E-state index in [0.29, 0.717) is 29.5 Å². The molecule has 4 heteroatoms. The minimum absolute atomic E-state index is 0.323. The van der Waals surface area contributed by atoms with Crippen LogP contribution >= 0.6 is 15.9 Å². The zero-order valence-corrected chi connectivity index (χ0v) is 11.5. The van der Waals surface area contributed by atoms with Gasteiger partial charge >= 0.3 is 5.97 Å². The van der Waals surface area contributed by atoms with Gasteiger partial charge in [0.1, 0.15) is 0 Å². The third-order valence-electron chi connectivity index (χ3n) is 2.53. The monoisotopic (exact) mass is 295 g/mol. The first kappa shape index (κ1) is 13.7. The molecule has 0 unspecified atom stereocenters. The molecule has 0 amide bonds. The van der Waals surface area contributed by atoms with E-state index in [-0.39, 0.29) is 5.97 Å². The summed E-state index contributed by atoms with van der Waals surface area (Å²) in [6, 6.07) is 5.47. The van der Waals surface area contributed by atoms with Crippen LogP contribution in [0.2, 0.25) is 0 Å². The summed E-state index contributed by atoms with van der Waals surface area (Å²) in [5.74, 6) is -0.323. The molecule has 0 bridgehead atoms. The molecule has 0 aromatic heterocycles. The highest BCUT2D eigenvalue weighted by Crippen LogP contribution is 2.23. The van der Waals surface area contributed by atoms with Gasteiger partial charge in [0.15, 0.2) is 0 Å². The number of rotatable bonds is 4. The molecule has 0 N–H and O–H groups in total. The molecular formula is C13H14BrNO2. The average molecular weight is 296 g/mol. The normalized spacial score (nSPS) is 9.76. The number of ether oxygens (including phenoxy) is 1. The van der Waals surface area contributed by atoms with Crippen molar-refractivity contribution < 1.29 is 9.53 Å².